The lowest BCUT2D eigenvalue weighted by atomic mass is 9.98. The lowest BCUT2D eigenvalue weighted by Gasteiger charge is -2.42. The Morgan fingerprint density at radius 3 is 2.67 bits per heavy atom. The van der Waals surface area contributed by atoms with Crippen LogP contribution in [0.25, 0.3) is 10.9 Å². The number of piperazine rings is 1. The van der Waals surface area contributed by atoms with Crippen molar-refractivity contribution in [2.75, 3.05) is 33.3 Å². The minimum Gasteiger partial charge on any atom is -0.496 e. The number of aromatic carboxylic acids is 1. The Kier molecular flexibility index (Phi) is 6.95. The van der Waals surface area contributed by atoms with E-state index in [-0.39, 0.29) is 18.0 Å². The number of aromatic amines is 1. The molecule has 176 valence electrons. The molecule has 2 N–H and O–H groups in total. The molecule has 6 nitrogen and oxygen atoms in total. The number of hydrogen-bond acceptors (Lipinski definition) is 4. The number of methoxy groups -OCH3 is 1. The zero-order valence-electron chi connectivity index (χ0n) is 18.9. The van der Waals surface area contributed by atoms with Crippen molar-refractivity contribution in [3.05, 3.63) is 64.8 Å². The average Bonchev–Trinajstić information content (AvgIpc) is 3.30. The van der Waals surface area contributed by atoms with Gasteiger partial charge in [0, 0.05) is 67.8 Å². The molecule has 1 unspecified atom stereocenters. The van der Waals surface area contributed by atoms with Gasteiger partial charge in [-0.15, -0.1) is 0 Å². The number of carboxylic acids is 1. The van der Waals surface area contributed by atoms with Gasteiger partial charge in [-0.2, -0.15) is 0 Å². The molecule has 0 radical (unpaired) electrons. The largest absolute Gasteiger partial charge is 0.496 e. The van der Waals surface area contributed by atoms with Crippen LogP contribution in [-0.4, -0.2) is 65.6 Å². The molecule has 0 amide bonds. The summed E-state index contributed by atoms with van der Waals surface area (Å²) in [4.78, 5) is 19.0. The molecular weight excluding hydrogens is 428 g/mol. The van der Waals surface area contributed by atoms with Crippen molar-refractivity contribution in [1.82, 2.24) is 14.8 Å². The molecule has 1 atom stereocenters. The van der Waals surface area contributed by atoms with Gasteiger partial charge in [0.05, 0.1) is 12.7 Å². The van der Waals surface area contributed by atoms with E-state index in [1.165, 1.54) is 0 Å². The zero-order valence-corrected chi connectivity index (χ0v) is 18.9. The summed E-state index contributed by atoms with van der Waals surface area (Å²) in [6.45, 7) is 5.01. The Labute approximate surface area is 191 Å². The standard InChI is InChI=1S/C25H29F2N3O3/c1-16-13-22(33-2)20(19-7-9-28-24(16)19)14-30-12-11-29(10-8-23(26)27)15-21(30)17-3-5-18(6-4-17)25(31)32/h3-7,9,13,21,23,28H,8,10-12,14-15H2,1-2H3,(H,31,32). The van der Waals surface area contributed by atoms with Crippen LogP contribution in [0, 0.1) is 6.92 Å². The minimum atomic E-state index is -2.32. The topological polar surface area (TPSA) is 68.8 Å². The van der Waals surface area contributed by atoms with Crippen LogP contribution in [0.4, 0.5) is 8.78 Å². The van der Waals surface area contributed by atoms with Crippen LogP contribution in [0.3, 0.4) is 0 Å². The maximum absolute atomic E-state index is 12.8. The number of hydrogen-bond donors (Lipinski definition) is 2. The maximum atomic E-state index is 12.8. The van der Waals surface area contributed by atoms with Gasteiger partial charge in [-0.3, -0.25) is 9.80 Å². The molecule has 33 heavy (non-hydrogen) atoms. The Hall–Kier alpha value is -2.97. The van der Waals surface area contributed by atoms with Crippen molar-refractivity contribution in [1.29, 1.82) is 0 Å². The molecule has 3 aromatic rings. The van der Waals surface area contributed by atoms with Crippen molar-refractivity contribution in [3.63, 3.8) is 0 Å². The summed E-state index contributed by atoms with van der Waals surface area (Å²) in [6.07, 6.45) is -0.555. The fraction of sp³-hybridized carbons (Fsp3) is 0.400. The molecule has 8 heteroatoms. The monoisotopic (exact) mass is 457 g/mol. The first-order valence-electron chi connectivity index (χ1n) is 11.1. The van der Waals surface area contributed by atoms with Crippen LogP contribution in [-0.2, 0) is 6.54 Å². The highest BCUT2D eigenvalue weighted by atomic mass is 19.3. The molecule has 2 heterocycles. The first-order chi connectivity index (χ1) is 15.9. The van der Waals surface area contributed by atoms with Gasteiger partial charge in [0.2, 0.25) is 6.43 Å². The summed E-state index contributed by atoms with van der Waals surface area (Å²) in [5, 5.41) is 10.4. The molecule has 0 saturated carbocycles. The number of aryl methyl sites for hydroxylation is 1. The summed E-state index contributed by atoms with van der Waals surface area (Å²) in [5.74, 6) is -0.153. The van der Waals surface area contributed by atoms with Gasteiger partial charge in [-0.25, -0.2) is 13.6 Å². The second-order valence-electron chi connectivity index (χ2n) is 8.53. The summed E-state index contributed by atoms with van der Waals surface area (Å²) in [5.41, 5.74) is 4.45. The number of rotatable bonds is 8. The van der Waals surface area contributed by atoms with Gasteiger partial charge in [0.1, 0.15) is 5.75 Å². The van der Waals surface area contributed by atoms with Crippen molar-refractivity contribution in [3.8, 4) is 5.75 Å². The van der Waals surface area contributed by atoms with Gasteiger partial charge >= 0.3 is 5.97 Å². The number of H-pyrrole nitrogens is 1. The summed E-state index contributed by atoms with van der Waals surface area (Å²) < 4.78 is 31.4. The highest BCUT2D eigenvalue weighted by Crippen LogP contribution is 2.35. The summed E-state index contributed by atoms with van der Waals surface area (Å²) in [6, 6.07) is 10.9. The number of carboxylic acid groups (broad SMARTS) is 1. The molecule has 1 aliphatic heterocycles. The van der Waals surface area contributed by atoms with Crippen LogP contribution in [0.15, 0.2) is 42.6 Å². The molecular formula is C25H29F2N3O3. The Balaban J connectivity index is 1.66. The molecule has 0 aliphatic carbocycles. The number of nitrogens with zero attached hydrogens (tertiary/aromatic N) is 2. The van der Waals surface area contributed by atoms with Gasteiger partial charge < -0.3 is 14.8 Å². The maximum Gasteiger partial charge on any atom is 0.335 e. The van der Waals surface area contributed by atoms with Crippen molar-refractivity contribution < 1.29 is 23.4 Å². The van der Waals surface area contributed by atoms with Gasteiger partial charge in [-0.1, -0.05) is 12.1 Å². The second kappa shape index (κ2) is 9.89. The van der Waals surface area contributed by atoms with E-state index in [0.29, 0.717) is 32.7 Å². The minimum absolute atomic E-state index is 0.0562. The van der Waals surface area contributed by atoms with E-state index < -0.39 is 12.4 Å². The molecule has 1 saturated heterocycles. The molecule has 1 aliphatic rings. The Morgan fingerprint density at radius 1 is 1.24 bits per heavy atom. The van der Waals surface area contributed by atoms with Gasteiger partial charge in [-0.05, 0) is 42.3 Å². The number of ether oxygens (including phenoxy) is 1. The average molecular weight is 458 g/mol. The van der Waals surface area contributed by atoms with Crippen molar-refractivity contribution in [2.45, 2.75) is 32.4 Å². The smallest absolute Gasteiger partial charge is 0.335 e. The summed E-state index contributed by atoms with van der Waals surface area (Å²) in [7, 11) is 1.67. The molecule has 0 spiro atoms. The third kappa shape index (κ3) is 5.02. The molecule has 1 aromatic heterocycles. The van der Waals surface area contributed by atoms with E-state index in [2.05, 4.69) is 20.9 Å². The number of alkyl halides is 2. The number of halogens is 2. The third-order valence-corrected chi connectivity index (χ3v) is 6.47. The third-order valence-electron chi connectivity index (χ3n) is 6.47. The van der Waals surface area contributed by atoms with E-state index >= 15 is 0 Å². The van der Waals surface area contributed by atoms with Crippen LogP contribution in [0.1, 0.15) is 39.5 Å². The number of aromatic nitrogens is 1. The normalized spacial score (nSPS) is 17.7. The van der Waals surface area contributed by atoms with Gasteiger partial charge in [0.25, 0.3) is 0 Å². The lowest BCUT2D eigenvalue weighted by Crippen LogP contribution is -2.48. The Bertz CT molecular complexity index is 1110. The highest BCUT2D eigenvalue weighted by Gasteiger charge is 2.30. The molecule has 4 rings (SSSR count). The number of nitrogens with one attached hydrogen (secondary N) is 1. The summed E-state index contributed by atoms with van der Waals surface area (Å²) >= 11 is 0. The van der Waals surface area contributed by atoms with E-state index in [9.17, 15) is 18.7 Å². The first-order valence-corrected chi connectivity index (χ1v) is 11.1. The van der Waals surface area contributed by atoms with Crippen molar-refractivity contribution in [2.24, 2.45) is 0 Å². The van der Waals surface area contributed by atoms with Crippen LogP contribution < -0.4 is 4.74 Å². The SMILES string of the molecule is COc1cc(C)c2[nH]ccc2c1CN1CCN(CCC(F)F)CC1c1ccc(C(=O)O)cc1. The van der Waals surface area contributed by atoms with Crippen LogP contribution in [0.5, 0.6) is 5.75 Å². The van der Waals surface area contributed by atoms with E-state index in [1.807, 2.05) is 31.3 Å². The van der Waals surface area contributed by atoms with Crippen LogP contribution >= 0.6 is 0 Å². The quantitative estimate of drug-likeness (QED) is 0.513. The Morgan fingerprint density at radius 2 is 2.00 bits per heavy atom. The number of fused-ring (bicyclic) bond motifs is 1. The number of benzene rings is 2. The molecule has 0 bridgehead atoms. The molecule has 1 fully saturated rings. The fourth-order valence-corrected chi connectivity index (χ4v) is 4.70. The highest BCUT2D eigenvalue weighted by molar-refractivity contribution is 5.88. The van der Waals surface area contributed by atoms with E-state index in [0.717, 1.165) is 33.3 Å². The predicted octanol–water partition coefficient (Wildman–Crippen LogP) is 4.70. The van der Waals surface area contributed by atoms with Crippen molar-refractivity contribution >= 4 is 16.9 Å². The van der Waals surface area contributed by atoms with E-state index in [1.54, 1.807) is 19.2 Å². The number of carbonyl (C=O) groups is 1. The first kappa shape index (κ1) is 23.2. The zero-order chi connectivity index (χ0) is 23.5. The lowest BCUT2D eigenvalue weighted by molar-refractivity contribution is 0.0504. The second-order valence-corrected chi connectivity index (χ2v) is 8.53. The molecule has 2 aromatic carbocycles. The fourth-order valence-electron chi connectivity index (χ4n) is 4.70. The van der Waals surface area contributed by atoms with Crippen LogP contribution in [0.2, 0.25) is 0 Å². The van der Waals surface area contributed by atoms with Gasteiger partial charge in [0.15, 0.2) is 0 Å². The van der Waals surface area contributed by atoms with E-state index in [4.69, 9.17) is 4.74 Å². The predicted molar refractivity (Wildman–Crippen MR) is 123 cm³/mol.